The Balaban J connectivity index is 2.12. The van der Waals surface area contributed by atoms with Crippen molar-refractivity contribution >= 4 is 17.4 Å². The second-order valence-corrected chi connectivity index (χ2v) is 4.91. The van der Waals surface area contributed by atoms with E-state index < -0.39 is 11.7 Å². The lowest BCUT2D eigenvalue weighted by atomic mass is 10.2. The number of benzene rings is 1. The first-order chi connectivity index (χ1) is 8.88. The third kappa shape index (κ3) is 3.19. The van der Waals surface area contributed by atoms with Gasteiger partial charge >= 0.3 is 6.18 Å². The van der Waals surface area contributed by atoms with Gasteiger partial charge in [0.1, 0.15) is 12.2 Å². The Kier molecular flexibility index (Phi) is 3.70. The molecule has 2 rings (SSSR count). The Morgan fingerprint density at radius 3 is 2.63 bits per heavy atom. The quantitative estimate of drug-likeness (QED) is 0.697. The van der Waals surface area contributed by atoms with Crippen molar-refractivity contribution in [2.24, 2.45) is 7.05 Å². The molecule has 0 bridgehead atoms. The van der Waals surface area contributed by atoms with E-state index in [1.165, 1.54) is 17.8 Å². The molecule has 0 radical (unpaired) electrons. The highest BCUT2D eigenvalue weighted by Gasteiger charge is 2.30. The van der Waals surface area contributed by atoms with Crippen LogP contribution in [0.1, 0.15) is 11.4 Å². The standard InChI is InChI=1S/C11H11F3N4S/c1-18-6-16-17-10(18)5-19-9-3-2-7(4-8(9)15)11(12,13)14/h2-4,6H,5,15H2,1H3. The van der Waals surface area contributed by atoms with Gasteiger partial charge in [-0.1, -0.05) is 0 Å². The number of nitrogens with two attached hydrogens (primary N) is 1. The van der Waals surface area contributed by atoms with Gasteiger partial charge in [-0.25, -0.2) is 0 Å². The first-order valence-electron chi connectivity index (χ1n) is 5.30. The fraction of sp³-hybridized carbons (Fsp3) is 0.273. The first-order valence-corrected chi connectivity index (χ1v) is 6.29. The van der Waals surface area contributed by atoms with Gasteiger partial charge in [0.25, 0.3) is 0 Å². The van der Waals surface area contributed by atoms with Gasteiger partial charge in [0, 0.05) is 17.6 Å². The SMILES string of the molecule is Cn1cnnc1CSc1ccc(C(F)(F)F)cc1N. The van der Waals surface area contributed by atoms with E-state index in [2.05, 4.69) is 10.2 Å². The summed E-state index contributed by atoms with van der Waals surface area (Å²) in [5, 5.41) is 7.61. The number of alkyl halides is 3. The van der Waals surface area contributed by atoms with Crippen LogP contribution < -0.4 is 5.73 Å². The van der Waals surface area contributed by atoms with Gasteiger partial charge in [0.05, 0.1) is 11.3 Å². The Labute approximate surface area is 111 Å². The molecular formula is C11H11F3N4S. The molecule has 0 unspecified atom stereocenters. The third-order valence-electron chi connectivity index (χ3n) is 2.50. The molecule has 0 amide bonds. The Hall–Kier alpha value is -1.70. The van der Waals surface area contributed by atoms with Crippen LogP contribution in [0.5, 0.6) is 0 Å². The summed E-state index contributed by atoms with van der Waals surface area (Å²) in [6, 6.07) is 3.34. The van der Waals surface area contributed by atoms with E-state index in [4.69, 9.17) is 5.73 Å². The number of nitrogens with zero attached hydrogens (tertiary/aromatic N) is 3. The summed E-state index contributed by atoms with van der Waals surface area (Å²) in [5.41, 5.74) is 5.00. The maximum Gasteiger partial charge on any atom is 0.416 e. The average molecular weight is 288 g/mol. The fourth-order valence-electron chi connectivity index (χ4n) is 1.44. The number of rotatable bonds is 3. The van der Waals surface area contributed by atoms with E-state index >= 15 is 0 Å². The minimum atomic E-state index is -4.37. The zero-order chi connectivity index (χ0) is 14.0. The highest BCUT2D eigenvalue weighted by atomic mass is 32.2. The summed E-state index contributed by atoms with van der Waals surface area (Å²) in [4.78, 5) is 0.594. The summed E-state index contributed by atoms with van der Waals surface area (Å²) in [7, 11) is 1.80. The molecule has 0 aliphatic rings. The predicted molar refractivity (Wildman–Crippen MR) is 66.4 cm³/mol. The lowest BCUT2D eigenvalue weighted by molar-refractivity contribution is -0.137. The summed E-state index contributed by atoms with van der Waals surface area (Å²) < 4.78 is 39.2. The van der Waals surface area contributed by atoms with Gasteiger partial charge in [-0.05, 0) is 18.2 Å². The van der Waals surface area contributed by atoms with Gasteiger partial charge < -0.3 is 10.3 Å². The molecule has 0 aliphatic heterocycles. The van der Waals surface area contributed by atoms with Crippen molar-refractivity contribution in [3.05, 3.63) is 35.9 Å². The summed E-state index contributed by atoms with van der Waals surface area (Å²) in [6.07, 6.45) is -2.81. The minimum Gasteiger partial charge on any atom is -0.398 e. The van der Waals surface area contributed by atoms with E-state index in [0.29, 0.717) is 10.6 Å². The van der Waals surface area contributed by atoms with Gasteiger partial charge in [0.15, 0.2) is 0 Å². The van der Waals surface area contributed by atoms with Crippen molar-refractivity contribution < 1.29 is 13.2 Å². The van der Waals surface area contributed by atoms with Crippen LogP contribution >= 0.6 is 11.8 Å². The Bertz CT molecular complexity index is 580. The van der Waals surface area contributed by atoms with Crippen molar-refractivity contribution in [1.82, 2.24) is 14.8 Å². The van der Waals surface area contributed by atoms with Crippen molar-refractivity contribution in [2.75, 3.05) is 5.73 Å². The molecule has 0 saturated carbocycles. The molecule has 102 valence electrons. The van der Waals surface area contributed by atoms with Crippen LogP contribution in [0.4, 0.5) is 18.9 Å². The topological polar surface area (TPSA) is 56.7 Å². The smallest absolute Gasteiger partial charge is 0.398 e. The predicted octanol–water partition coefficient (Wildman–Crippen LogP) is 2.71. The molecule has 0 spiro atoms. The molecule has 1 heterocycles. The van der Waals surface area contributed by atoms with Crippen LogP contribution in [0.15, 0.2) is 29.4 Å². The molecule has 1 aromatic carbocycles. The Morgan fingerprint density at radius 2 is 2.11 bits per heavy atom. The molecule has 1 aromatic heterocycles. The van der Waals surface area contributed by atoms with Gasteiger partial charge in [-0.3, -0.25) is 0 Å². The van der Waals surface area contributed by atoms with Gasteiger partial charge in [0.2, 0.25) is 0 Å². The zero-order valence-corrected chi connectivity index (χ0v) is 10.8. The number of halogens is 3. The lowest BCUT2D eigenvalue weighted by Crippen LogP contribution is -2.06. The van der Waals surface area contributed by atoms with Crippen LogP contribution in [0.25, 0.3) is 0 Å². The highest BCUT2D eigenvalue weighted by molar-refractivity contribution is 7.98. The van der Waals surface area contributed by atoms with Crippen molar-refractivity contribution in [3.8, 4) is 0 Å². The van der Waals surface area contributed by atoms with Crippen molar-refractivity contribution in [2.45, 2.75) is 16.8 Å². The van der Waals surface area contributed by atoms with Crippen LogP contribution in [0.3, 0.4) is 0 Å². The van der Waals surface area contributed by atoms with Crippen LogP contribution in [0.2, 0.25) is 0 Å². The largest absolute Gasteiger partial charge is 0.416 e. The molecule has 0 aliphatic carbocycles. The maximum atomic E-state index is 12.5. The number of anilines is 1. The second-order valence-electron chi connectivity index (χ2n) is 3.90. The molecule has 0 saturated heterocycles. The number of nitrogen functional groups attached to an aromatic ring is 1. The number of hydrogen-bond donors (Lipinski definition) is 1. The average Bonchev–Trinajstić information content (AvgIpc) is 2.72. The van der Waals surface area contributed by atoms with Crippen LogP contribution in [-0.4, -0.2) is 14.8 Å². The van der Waals surface area contributed by atoms with Gasteiger partial charge in [-0.2, -0.15) is 13.2 Å². The molecule has 0 atom stereocenters. The molecule has 2 N–H and O–H groups in total. The third-order valence-corrected chi connectivity index (χ3v) is 3.58. The van der Waals surface area contributed by atoms with Crippen LogP contribution in [-0.2, 0) is 19.0 Å². The Morgan fingerprint density at radius 1 is 1.37 bits per heavy atom. The van der Waals surface area contributed by atoms with E-state index in [1.807, 2.05) is 0 Å². The minimum absolute atomic E-state index is 0.113. The van der Waals surface area contributed by atoms with E-state index in [9.17, 15) is 13.2 Å². The second kappa shape index (κ2) is 5.12. The highest BCUT2D eigenvalue weighted by Crippen LogP contribution is 2.34. The number of hydrogen-bond acceptors (Lipinski definition) is 4. The number of aromatic nitrogens is 3. The first kappa shape index (κ1) is 13.7. The van der Waals surface area contributed by atoms with Gasteiger partial charge in [-0.15, -0.1) is 22.0 Å². The molecular weight excluding hydrogens is 277 g/mol. The number of thioether (sulfide) groups is 1. The van der Waals surface area contributed by atoms with E-state index in [1.54, 1.807) is 17.9 Å². The normalized spacial score (nSPS) is 11.8. The summed E-state index contributed by atoms with van der Waals surface area (Å²) >= 11 is 1.32. The maximum absolute atomic E-state index is 12.5. The molecule has 4 nitrogen and oxygen atoms in total. The molecule has 2 aromatic rings. The van der Waals surface area contributed by atoms with E-state index in [-0.39, 0.29) is 5.69 Å². The van der Waals surface area contributed by atoms with Crippen molar-refractivity contribution in [1.29, 1.82) is 0 Å². The zero-order valence-electron chi connectivity index (χ0n) is 9.98. The summed E-state index contributed by atoms with van der Waals surface area (Å²) in [5.74, 6) is 1.22. The monoisotopic (exact) mass is 288 g/mol. The molecule has 8 heteroatoms. The van der Waals surface area contributed by atoms with E-state index in [0.717, 1.165) is 18.0 Å². The molecule has 0 fully saturated rings. The summed E-state index contributed by atoms with van der Waals surface area (Å²) in [6.45, 7) is 0. The lowest BCUT2D eigenvalue weighted by Gasteiger charge is -2.10. The van der Waals surface area contributed by atoms with Crippen molar-refractivity contribution in [3.63, 3.8) is 0 Å². The fourth-order valence-corrected chi connectivity index (χ4v) is 2.37. The van der Waals surface area contributed by atoms with Crippen LogP contribution in [0, 0.1) is 0 Å². The molecule has 19 heavy (non-hydrogen) atoms. The number of aryl methyl sites for hydroxylation is 1.